The number of benzene rings is 2. The largest absolute Gasteiger partial charge is 0.512 e. The number of carbonyl (C=O) groups is 4. The molecule has 0 bridgehead atoms. The van der Waals surface area contributed by atoms with Crippen LogP contribution in [0.25, 0.3) is 11.1 Å². The molecular weight excluding hydrogens is 608 g/mol. The zero-order valence-corrected chi connectivity index (χ0v) is 25.0. The highest BCUT2D eigenvalue weighted by Crippen LogP contribution is 2.54. The summed E-state index contributed by atoms with van der Waals surface area (Å²) in [5, 5.41) is 66.5. The first kappa shape index (κ1) is 30.9. The van der Waals surface area contributed by atoms with E-state index in [0.29, 0.717) is 0 Å². The minimum absolute atomic E-state index is 0.183. The van der Waals surface area contributed by atoms with E-state index in [1.807, 2.05) is 0 Å². The van der Waals surface area contributed by atoms with Gasteiger partial charge in [0, 0.05) is 24.0 Å². The number of allylic oxidation sites excluding steroid dienone is 2. The van der Waals surface area contributed by atoms with Crippen molar-refractivity contribution in [2.45, 2.75) is 50.1 Å². The average molecular weight is 639 g/mol. The van der Waals surface area contributed by atoms with Gasteiger partial charge >= 0.3 is 11.9 Å². The Bertz CT molecular complexity index is 1690. The van der Waals surface area contributed by atoms with Crippen LogP contribution in [0.4, 0.5) is 0 Å². The van der Waals surface area contributed by atoms with Gasteiger partial charge in [0.1, 0.15) is 57.9 Å². The molecule has 2 aliphatic heterocycles. The second-order valence-electron chi connectivity index (χ2n) is 11.9. The minimum atomic E-state index is -2.42. The van der Waals surface area contributed by atoms with Gasteiger partial charge in [0.2, 0.25) is 11.6 Å². The summed E-state index contributed by atoms with van der Waals surface area (Å²) < 4.78 is 21.4. The Kier molecular flexibility index (Phi) is 6.87. The van der Waals surface area contributed by atoms with Gasteiger partial charge in [0.15, 0.2) is 0 Å². The maximum Gasteiger partial charge on any atom is 0.358 e. The van der Waals surface area contributed by atoms with E-state index in [0.717, 1.165) is 14.2 Å². The lowest BCUT2D eigenvalue weighted by molar-refractivity contribution is -0.171. The van der Waals surface area contributed by atoms with Crippen LogP contribution in [0.3, 0.4) is 0 Å². The van der Waals surface area contributed by atoms with Crippen LogP contribution in [0.2, 0.25) is 0 Å². The number of phenolic OH excluding ortho intramolecular Hbond substituents is 2. The molecule has 2 aromatic rings. The molecule has 46 heavy (non-hydrogen) atoms. The molecule has 0 saturated heterocycles. The molecular formula is C32H30O14. The average Bonchev–Trinajstić information content (AvgIpc) is 3.01. The molecule has 0 amide bonds. The number of esters is 2. The number of ether oxygens (including phenoxy) is 4. The SMILES string of the molecule is COC(=O)[C@]12Oc3ccc(-c4ccc5c(c4O)C(=O)C4=C(O)C[C@@H](C)[C@H](O)[C@@]4(C(=O)OC)O5)c(O)c3C(=O)C1=C(O)C[C@@H](C)[C@@H]2O. The third kappa shape index (κ3) is 3.70. The van der Waals surface area contributed by atoms with E-state index < -0.39 is 104 Å². The van der Waals surface area contributed by atoms with Crippen LogP contribution in [0.15, 0.2) is 46.9 Å². The summed E-state index contributed by atoms with van der Waals surface area (Å²) in [5.41, 5.74) is -7.47. The zero-order valence-electron chi connectivity index (χ0n) is 25.0. The van der Waals surface area contributed by atoms with Crippen molar-refractivity contribution in [3.05, 3.63) is 58.1 Å². The summed E-state index contributed by atoms with van der Waals surface area (Å²) >= 11 is 0. The van der Waals surface area contributed by atoms with Crippen molar-refractivity contribution in [2.24, 2.45) is 11.8 Å². The number of fused-ring (bicyclic) bond motifs is 4. The van der Waals surface area contributed by atoms with Crippen LogP contribution < -0.4 is 9.47 Å². The molecule has 2 aromatic carbocycles. The number of aliphatic hydroxyl groups is 4. The highest BCUT2D eigenvalue weighted by molar-refractivity contribution is 6.21. The Morgan fingerprint density at radius 3 is 1.37 bits per heavy atom. The highest BCUT2D eigenvalue weighted by atomic mass is 16.6. The molecule has 6 rings (SSSR count). The van der Waals surface area contributed by atoms with Gasteiger partial charge in [-0.2, -0.15) is 0 Å². The van der Waals surface area contributed by atoms with E-state index in [4.69, 9.17) is 18.9 Å². The van der Waals surface area contributed by atoms with Crippen LogP contribution in [-0.2, 0) is 19.1 Å². The number of aliphatic hydroxyl groups excluding tert-OH is 4. The third-order valence-corrected chi connectivity index (χ3v) is 9.26. The minimum Gasteiger partial charge on any atom is -0.512 e. The molecule has 0 fully saturated rings. The first-order valence-corrected chi connectivity index (χ1v) is 14.3. The van der Waals surface area contributed by atoms with Gasteiger partial charge in [-0.05, 0) is 36.1 Å². The van der Waals surface area contributed by atoms with E-state index in [2.05, 4.69) is 0 Å². The molecule has 0 spiro atoms. The molecule has 2 heterocycles. The zero-order chi connectivity index (χ0) is 33.6. The fourth-order valence-electron chi connectivity index (χ4n) is 7.00. The van der Waals surface area contributed by atoms with E-state index in [1.54, 1.807) is 0 Å². The lowest BCUT2D eigenvalue weighted by Crippen LogP contribution is -2.63. The molecule has 14 heteroatoms. The number of methoxy groups -OCH3 is 2. The van der Waals surface area contributed by atoms with Gasteiger partial charge in [0.05, 0.1) is 25.4 Å². The number of aromatic hydroxyl groups is 2. The molecule has 2 aliphatic carbocycles. The Hall–Kier alpha value is -5.08. The van der Waals surface area contributed by atoms with Crippen molar-refractivity contribution < 1.29 is 68.8 Å². The normalized spacial score (nSPS) is 29.9. The van der Waals surface area contributed by atoms with Crippen molar-refractivity contribution in [1.29, 1.82) is 0 Å². The second-order valence-corrected chi connectivity index (χ2v) is 11.9. The van der Waals surface area contributed by atoms with E-state index in [1.165, 1.54) is 38.1 Å². The summed E-state index contributed by atoms with van der Waals surface area (Å²) in [4.78, 5) is 53.8. The van der Waals surface area contributed by atoms with E-state index in [-0.39, 0.29) is 35.5 Å². The monoisotopic (exact) mass is 638 g/mol. The molecule has 6 N–H and O–H groups in total. The first-order chi connectivity index (χ1) is 21.7. The van der Waals surface area contributed by atoms with Crippen LogP contribution >= 0.6 is 0 Å². The van der Waals surface area contributed by atoms with E-state index >= 15 is 0 Å². The van der Waals surface area contributed by atoms with Gasteiger partial charge in [-0.15, -0.1) is 0 Å². The number of rotatable bonds is 3. The highest BCUT2D eigenvalue weighted by Gasteiger charge is 2.64. The van der Waals surface area contributed by atoms with Gasteiger partial charge < -0.3 is 49.6 Å². The van der Waals surface area contributed by atoms with Gasteiger partial charge in [-0.1, -0.05) is 13.8 Å². The molecule has 0 unspecified atom stereocenters. The predicted octanol–water partition coefficient (Wildman–Crippen LogP) is 2.16. The number of hydrogen-bond donors (Lipinski definition) is 6. The Labute approximate surface area is 260 Å². The Morgan fingerprint density at radius 2 is 1.04 bits per heavy atom. The van der Waals surface area contributed by atoms with Crippen molar-refractivity contribution in [3.63, 3.8) is 0 Å². The molecule has 6 atom stereocenters. The van der Waals surface area contributed by atoms with Gasteiger partial charge in [-0.25, -0.2) is 9.59 Å². The summed E-state index contributed by atoms with van der Waals surface area (Å²) in [5.74, 6) is -9.12. The Balaban J connectivity index is 1.52. The molecule has 0 aromatic heterocycles. The molecule has 0 saturated carbocycles. The molecule has 242 valence electrons. The van der Waals surface area contributed by atoms with Crippen LogP contribution in [0.1, 0.15) is 47.4 Å². The third-order valence-electron chi connectivity index (χ3n) is 9.26. The van der Waals surface area contributed by atoms with Crippen LogP contribution in [0, 0.1) is 11.8 Å². The standard InChI is InChI=1S/C32H30O14/c1-11-9-15(33)21-25(37)19-17(45-31(21,27(11)39)29(41)43-3)7-5-13(23(19)35)14-6-8-18-20(24(14)36)26(38)22-16(34)10-12(2)28(40)32(22,46-18)30(42)44-4/h5-8,11-12,27-28,33-36,39-40H,9-10H2,1-4H3/t11-,12-,27+,28+,31+,32+/m1/s1. The van der Waals surface area contributed by atoms with Crippen molar-refractivity contribution in [1.82, 2.24) is 0 Å². The van der Waals surface area contributed by atoms with Gasteiger partial charge in [-0.3, -0.25) is 9.59 Å². The quantitative estimate of drug-likeness (QED) is 0.265. The molecule has 14 nitrogen and oxygen atoms in total. The van der Waals surface area contributed by atoms with Crippen molar-refractivity contribution in [3.8, 4) is 34.1 Å². The van der Waals surface area contributed by atoms with Crippen LogP contribution in [0.5, 0.6) is 23.0 Å². The summed E-state index contributed by atoms with van der Waals surface area (Å²) in [7, 11) is 2.04. The maximum absolute atomic E-state index is 13.9. The smallest absolute Gasteiger partial charge is 0.358 e. The maximum atomic E-state index is 13.9. The molecule has 4 aliphatic rings. The topological polar surface area (TPSA) is 227 Å². The number of carbonyl (C=O) groups excluding carboxylic acids is 4. The van der Waals surface area contributed by atoms with Crippen molar-refractivity contribution >= 4 is 23.5 Å². The van der Waals surface area contributed by atoms with Crippen LogP contribution in [-0.4, -0.2) is 91.8 Å². The lowest BCUT2D eigenvalue weighted by atomic mass is 9.70. The summed E-state index contributed by atoms with van der Waals surface area (Å²) in [6.45, 7) is 3.07. The number of ketones is 2. The summed E-state index contributed by atoms with van der Waals surface area (Å²) in [6.07, 6.45) is -3.58. The fourth-order valence-corrected chi connectivity index (χ4v) is 7.00. The molecule has 0 radical (unpaired) electrons. The Morgan fingerprint density at radius 1 is 0.696 bits per heavy atom. The number of hydrogen-bond acceptors (Lipinski definition) is 14. The predicted molar refractivity (Wildman–Crippen MR) is 154 cm³/mol. The van der Waals surface area contributed by atoms with Gasteiger partial charge in [0.25, 0.3) is 11.2 Å². The second kappa shape index (κ2) is 10.2. The van der Waals surface area contributed by atoms with E-state index in [9.17, 15) is 49.8 Å². The number of Topliss-reactive ketones (excluding diaryl/α,β-unsaturated/α-hetero) is 2. The lowest BCUT2D eigenvalue weighted by Gasteiger charge is -2.45. The first-order valence-electron chi connectivity index (χ1n) is 14.3. The van der Waals surface area contributed by atoms with Crippen molar-refractivity contribution in [2.75, 3.05) is 14.2 Å². The fraction of sp³-hybridized carbons (Fsp3) is 0.375. The summed E-state index contributed by atoms with van der Waals surface area (Å²) in [6, 6.07) is 4.83. The number of phenols is 2.